The third-order valence-electron chi connectivity index (χ3n) is 2.31. The lowest BCUT2D eigenvalue weighted by molar-refractivity contribution is 0.102. The van der Waals surface area contributed by atoms with Crippen molar-refractivity contribution in [1.29, 1.82) is 0 Å². The van der Waals surface area contributed by atoms with Gasteiger partial charge in [-0.2, -0.15) is 0 Å². The molecule has 0 aliphatic carbocycles. The van der Waals surface area contributed by atoms with Gasteiger partial charge < -0.3 is 5.32 Å². The maximum absolute atomic E-state index is 12.1. The van der Waals surface area contributed by atoms with Gasteiger partial charge in [0.25, 0.3) is 5.91 Å². The molecule has 1 aromatic carbocycles. The van der Waals surface area contributed by atoms with E-state index in [1.54, 1.807) is 0 Å². The van der Waals surface area contributed by atoms with E-state index in [1.165, 1.54) is 24.4 Å². The smallest absolute Gasteiger partial charge is 0.257 e. The largest absolute Gasteiger partial charge is 0.319 e. The van der Waals surface area contributed by atoms with Crippen LogP contribution in [0.15, 0.2) is 24.4 Å². The summed E-state index contributed by atoms with van der Waals surface area (Å²) in [5.41, 5.74) is 0.403. The molecular weight excluding hydrogens is 365 g/mol. The van der Waals surface area contributed by atoms with Gasteiger partial charge in [-0.25, -0.2) is 4.98 Å². The zero-order chi connectivity index (χ0) is 14.9. The summed E-state index contributed by atoms with van der Waals surface area (Å²) < 4.78 is 0. The second-order valence-electron chi connectivity index (χ2n) is 3.69. The minimum Gasteiger partial charge on any atom is -0.319 e. The van der Waals surface area contributed by atoms with Crippen molar-refractivity contribution in [2.24, 2.45) is 0 Å². The predicted molar refractivity (Wildman–Crippen MR) is 83.7 cm³/mol. The van der Waals surface area contributed by atoms with Crippen molar-refractivity contribution in [2.75, 3.05) is 5.32 Å². The average molecular weight is 370 g/mol. The van der Waals surface area contributed by atoms with Crippen molar-refractivity contribution < 1.29 is 4.79 Å². The van der Waals surface area contributed by atoms with Gasteiger partial charge in [-0.3, -0.25) is 4.79 Å². The number of aromatic nitrogens is 1. The molecule has 3 nitrogen and oxygen atoms in total. The van der Waals surface area contributed by atoms with Crippen LogP contribution in [-0.2, 0) is 0 Å². The van der Waals surface area contributed by atoms with Crippen LogP contribution in [0.5, 0.6) is 0 Å². The highest BCUT2D eigenvalue weighted by molar-refractivity contribution is 6.43. The normalized spacial score (nSPS) is 10.4. The standard InChI is InChI=1S/C12H5Cl5N2O/c13-5-1-7(14)11(8(15)2-5)19-12(20)6-3-10(17)18-4-9(6)16/h1-4H,(H,19,20). The van der Waals surface area contributed by atoms with Crippen LogP contribution >= 0.6 is 58.0 Å². The van der Waals surface area contributed by atoms with Gasteiger partial charge in [0.1, 0.15) is 5.15 Å². The van der Waals surface area contributed by atoms with Gasteiger partial charge in [-0.15, -0.1) is 0 Å². The molecule has 1 amide bonds. The Labute approximate surface area is 139 Å². The van der Waals surface area contributed by atoms with Crippen molar-refractivity contribution in [2.45, 2.75) is 0 Å². The Kier molecular flexibility index (Phi) is 4.99. The molecule has 0 aliphatic heterocycles. The van der Waals surface area contributed by atoms with Gasteiger partial charge in [-0.1, -0.05) is 58.0 Å². The summed E-state index contributed by atoms with van der Waals surface area (Å²) in [7, 11) is 0. The Morgan fingerprint density at radius 2 is 1.55 bits per heavy atom. The molecular formula is C12H5Cl5N2O. The molecule has 1 aromatic heterocycles. The number of amides is 1. The summed E-state index contributed by atoms with van der Waals surface area (Å²) in [6.45, 7) is 0. The summed E-state index contributed by atoms with van der Waals surface area (Å²) in [4.78, 5) is 15.9. The van der Waals surface area contributed by atoms with E-state index in [9.17, 15) is 4.79 Å². The molecule has 0 fully saturated rings. The number of hydrogen-bond acceptors (Lipinski definition) is 2. The molecule has 2 rings (SSSR count). The van der Waals surface area contributed by atoms with Crippen molar-refractivity contribution in [1.82, 2.24) is 4.98 Å². The fraction of sp³-hybridized carbons (Fsp3) is 0. The minimum absolute atomic E-state index is 0.146. The van der Waals surface area contributed by atoms with Gasteiger partial charge in [0.05, 0.1) is 26.3 Å². The summed E-state index contributed by atoms with van der Waals surface area (Å²) in [5, 5.41) is 3.66. The fourth-order valence-corrected chi connectivity index (χ4v) is 2.69. The molecule has 0 aliphatic rings. The number of carbonyl (C=O) groups excluding carboxylic acids is 1. The monoisotopic (exact) mass is 368 g/mol. The highest BCUT2D eigenvalue weighted by Crippen LogP contribution is 2.34. The van der Waals surface area contributed by atoms with Crippen molar-refractivity contribution in [3.8, 4) is 0 Å². The molecule has 0 spiro atoms. The maximum Gasteiger partial charge on any atom is 0.257 e. The zero-order valence-electron chi connectivity index (χ0n) is 9.55. The molecule has 0 bridgehead atoms. The number of nitrogens with zero attached hydrogens (tertiary/aromatic N) is 1. The van der Waals surface area contributed by atoms with E-state index in [0.29, 0.717) is 5.02 Å². The molecule has 1 N–H and O–H groups in total. The van der Waals surface area contributed by atoms with E-state index < -0.39 is 5.91 Å². The Morgan fingerprint density at radius 1 is 0.950 bits per heavy atom. The summed E-state index contributed by atoms with van der Waals surface area (Å²) in [6.07, 6.45) is 1.28. The van der Waals surface area contributed by atoms with Crippen LogP contribution in [-0.4, -0.2) is 10.9 Å². The number of hydrogen-bond donors (Lipinski definition) is 1. The highest BCUT2D eigenvalue weighted by Gasteiger charge is 2.16. The van der Waals surface area contributed by atoms with Crippen LogP contribution in [0.4, 0.5) is 5.69 Å². The molecule has 104 valence electrons. The molecule has 0 radical (unpaired) electrons. The highest BCUT2D eigenvalue weighted by atomic mass is 35.5. The van der Waals surface area contributed by atoms with E-state index in [0.717, 1.165) is 0 Å². The molecule has 0 atom stereocenters. The first-order chi connectivity index (χ1) is 9.38. The van der Waals surface area contributed by atoms with Crippen LogP contribution < -0.4 is 5.32 Å². The first-order valence-electron chi connectivity index (χ1n) is 5.15. The summed E-state index contributed by atoms with van der Waals surface area (Å²) in [6, 6.07) is 4.27. The van der Waals surface area contributed by atoms with Gasteiger partial charge in [0, 0.05) is 11.2 Å². The Hall–Kier alpha value is -0.710. The van der Waals surface area contributed by atoms with Gasteiger partial charge in [0.15, 0.2) is 0 Å². The van der Waals surface area contributed by atoms with E-state index in [1.807, 2.05) is 0 Å². The quantitative estimate of drug-likeness (QED) is 0.699. The van der Waals surface area contributed by atoms with Crippen LogP contribution in [0.2, 0.25) is 25.2 Å². The van der Waals surface area contributed by atoms with Crippen molar-refractivity contribution >= 4 is 69.6 Å². The van der Waals surface area contributed by atoms with Crippen LogP contribution in [0.3, 0.4) is 0 Å². The molecule has 8 heteroatoms. The molecule has 0 saturated carbocycles. The van der Waals surface area contributed by atoms with Gasteiger partial charge in [-0.05, 0) is 18.2 Å². The Balaban J connectivity index is 2.35. The summed E-state index contributed by atoms with van der Waals surface area (Å²) in [5.74, 6) is -0.509. The van der Waals surface area contributed by atoms with E-state index in [4.69, 9.17) is 58.0 Å². The van der Waals surface area contributed by atoms with Crippen LogP contribution in [0, 0.1) is 0 Å². The SMILES string of the molecule is O=C(Nc1c(Cl)cc(Cl)cc1Cl)c1cc(Cl)ncc1Cl. The Bertz CT molecular complexity index is 667. The zero-order valence-corrected chi connectivity index (χ0v) is 13.3. The second-order valence-corrected chi connectivity index (χ2v) is 5.73. The number of carbonyl (C=O) groups is 1. The second kappa shape index (κ2) is 6.37. The Morgan fingerprint density at radius 3 is 2.15 bits per heavy atom. The van der Waals surface area contributed by atoms with Crippen LogP contribution in [0.1, 0.15) is 10.4 Å². The number of benzene rings is 1. The first-order valence-corrected chi connectivity index (χ1v) is 7.04. The summed E-state index contributed by atoms with van der Waals surface area (Å²) >= 11 is 29.4. The molecule has 20 heavy (non-hydrogen) atoms. The number of pyridine rings is 1. The van der Waals surface area contributed by atoms with Gasteiger partial charge >= 0.3 is 0 Å². The predicted octanol–water partition coefficient (Wildman–Crippen LogP) is 5.60. The number of nitrogens with one attached hydrogen (secondary N) is 1. The third kappa shape index (κ3) is 3.48. The van der Waals surface area contributed by atoms with E-state index >= 15 is 0 Å². The lowest BCUT2D eigenvalue weighted by Crippen LogP contribution is -2.13. The third-order valence-corrected chi connectivity index (χ3v) is 3.63. The lowest BCUT2D eigenvalue weighted by atomic mass is 10.2. The molecule has 1 heterocycles. The van der Waals surface area contributed by atoms with E-state index in [-0.39, 0.29) is 31.5 Å². The fourth-order valence-electron chi connectivity index (χ4n) is 1.43. The number of rotatable bonds is 2. The first kappa shape index (κ1) is 15.7. The topological polar surface area (TPSA) is 42.0 Å². The van der Waals surface area contributed by atoms with Gasteiger partial charge in [0.2, 0.25) is 0 Å². The number of anilines is 1. The molecule has 0 saturated heterocycles. The molecule has 0 unspecified atom stereocenters. The average Bonchev–Trinajstić information content (AvgIpc) is 2.36. The lowest BCUT2D eigenvalue weighted by Gasteiger charge is -2.10. The van der Waals surface area contributed by atoms with Crippen LogP contribution in [0.25, 0.3) is 0 Å². The molecule has 2 aromatic rings. The van der Waals surface area contributed by atoms with E-state index in [2.05, 4.69) is 10.3 Å². The van der Waals surface area contributed by atoms with Crippen molar-refractivity contribution in [3.05, 3.63) is 55.2 Å². The minimum atomic E-state index is -0.509. The maximum atomic E-state index is 12.1. The van der Waals surface area contributed by atoms with Crippen molar-refractivity contribution in [3.63, 3.8) is 0 Å². The number of halogens is 5.